The van der Waals surface area contributed by atoms with Crippen LogP contribution in [0.4, 0.5) is 5.69 Å². The maximum absolute atomic E-state index is 12.4. The molecule has 1 fully saturated rings. The highest BCUT2D eigenvalue weighted by molar-refractivity contribution is 6.35. The number of carbonyl (C=O) groups excluding carboxylic acids is 2. The first-order chi connectivity index (χ1) is 14.5. The lowest BCUT2D eigenvalue weighted by atomic mass is 9.97. The third kappa shape index (κ3) is 6.33. The molecule has 1 saturated heterocycles. The van der Waals surface area contributed by atoms with Gasteiger partial charge in [0.25, 0.3) is 0 Å². The first kappa shape index (κ1) is 22.3. The first-order valence-electron chi connectivity index (χ1n) is 11.3. The second-order valence-corrected chi connectivity index (χ2v) is 8.57. The van der Waals surface area contributed by atoms with Gasteiger partial charge < -0.3 is 15.5 Å². The topological polar surface area (TPSA) is 64.7 Å². The van der Waals surface area contributed by atoms with Crippen molar-refractivity contribution >= 4 is 17.5 Å². The Hall–Kier alpha value is -2.34. The van der Waals surface area contributed by atoms with E-state index in [4.69, 9.17) is 0 Å². The van der Waals surface area contributed by atoms with E-state index in [1.54, 1.807) is 0 Å². The number of nitrogens with one attached hydrogen (secondary N) is 2. The summed E-state index contributed by atoms with van der Waals surface area (Å²) in [5.41, 5.74) is 3.72. The minimum atomic E-state index is -0.540. The second-order valence-electron chi connectivity index (χ2n) is 8.57. The van der Waals surface area contributed by atoms with Gasteiger partial charge in [-0.25, -0.2) is 0 Å². The van der Waals surface area contributed by atoms with Crippen molar-refractivity contribution in [3.05, 3.63) is 41.5 Å². The van der Waals surface area contributed by atoms with Crippen molar-refractivity contribution in [2.75, 3.05) is 45.2 Å². The number of anilines is 1. The zero-order valence-corrected chi connectivity index (χ0v) is 18.5. The highest BCUT2D eigenvalue weighted by Gasteiger charge is 2.25. The minimum absolute atomic E-state index is 0.0906. The van der Waals surface area contributed by atoms with E-state index in [1.807, 2.05) is 14.1 Å². The van der Waals surface area contributed by atoms with E-state index in [2.05, 4.69) is 50.8 Å². The highest BCUT2D eigenvalue weighted by atomic mass is 16.2. The lowest BCUT2D eigenvalue weighted by Gasteiger charge is -2.28. The summed E-state index contributed by atoms with van der Waals surface area (Å²) >= 11 is 0. The Bertz CT molecular complexity index is 736. The van der Waals surface area contributed by atoms with Crippen molar-refractivity contribution < 1.29 is 9.59 Å². The van der Waals surface area contributed by atoms with Crippen molar-refractivity contribution in [2.24, 2.45) is 0 Å². The van der Waals surface area contributed by atoms with Gasteiger partial charge in [-0.05, 0) is 75.7 Å². The lowest BCUT2D eigenvalue weighted by Crippen LogP contribution is -2.44. The molecule has 0 spiro atoms. The molecule has 1 atom stereocenters. The average molecular weight is 413 g/mol. The van der Waals surface area contributed by atoms with E-state index in [0.717, 1.165) is 38.0 Å². The Morgan fingerprint density at radius 3 is 2.33 bits per heavy atom. The number of allylic oxidation sites excluding steroid dienone is 1. The number of carbonyl (C=O) groups is 2. The van der Waals surface area contributed by atoms with Gasteiger partial charge in [0.1, 0.15) is 0 Å². The molecule has 164 valence electrons. The van der Waals surface area contributed by atoms with Crippen LogP contribution in [0.25, 0.3) is 0 Å². The number of benzene rings is 1. The number of hydrogen-bond acceptors (Lipinski definition) is 4. The summed E-state index contributed by atoms with van der Waals surface area (Å²) in [4.78, 5) is 29.0. The molecule has 2 aliphatic rings. The Balaban J connectivity index is 1.52. The zero-order valence-electron chi connectivity index (χ0n) is 18.5. The molecule has 0 saturated carbocycles. The van der Waals surface area contributed by atoms with E-state index in [1.165, 1.54) is 36.8 Å². The normalized spacial score (nSPS) is 17.9. The zero-order chi connectivity index (χ0) is 21.3. The van der Waals surface area contributed by atoms with Gasteiger partial charge in [0, 0.05) is 32.9 Å². The van der Waals surface area contributed by atoms with Crippen LogP contribution in [0.2, 0.25) is 0 Å². The summed E-state index contributed by atoms with van der Waals surface area (Å²) in [7, 11) is 4.05. The summed E-state index contributed by atoms with van der Waals surface area (Å²) in [5, 5.41) is 5.64. The smallest absolute Gasteiger partial charge is 0.309 e. The lowest BCUT2D eigenvalue weighted by molar-refractivity contribution is -0.139. The Morgan fingerprint density at radius 2 is 1.70 bits per heavy atom. The molecule has 0 aromatic heterocycles. The standard InChI is InChI=1S/C24H36N4O2/c1-27(2)21-12-10-20(11-13-21)22(28-16-6-7-17-28)18-26-24(30)23(29)25-15-14-19-8-4-3-5-9-19/h8,10-13,22H,3-7,9,14-18H2,1-2H3,(H,25,29)(H,26,30)/t22-/m0/s1. The van der Waals surface area contributed by atoms with Crippen LogP contribution >= 0.6 is 0 Å². The summed E-state index contributed by atoms with van der Waals surface area (Å²) in [6.07, 6.45) is 10.2. The number of hydrogen-bond donors (Lipinski definition) is 2. The van der Waals surface area contributed by atoms with E-state index < -0.39 is 11.8 Å². The van der Waals surface area contributed by atoms with Crippen LogP contribution in [0.15, 0.2) is 35.9 Å². The van der Waals surface area contributed by atoms with Crippen LogP contribution < -0.4 is 15.5 Å². The molecule has 3 rings (SSSR count). The molecule has 1 aromatic rings. The van der Waals surface area contributed by atoms with Crippen LogP contribution in [0, 0.1) is 0 Å². The molecular weight excluding hydrogens is 376 g/mol. The molecular formula is C24H36N4O2. The summed E-state index contributed by atoms with van der Waals surface area (Å²) in [6, 6.07) is 8.55. The SMILES string of the molecule is CN(C)c1ccc([C@H](CNC(=O)C(=O)NCCC2=CCCCC2)N2CCCC2)cc1. The number of rotatable bonds is 8. The fraction of sp³-hybridized carbons (Fsp3) is 0.583. The molecule has 0 bridgehead atoms. The van der Waals surface area contributed by atoms with Crippen LogP contribution in [-0.4, -0.2) is 57.0 Å². The summed E-state index contributed by atoms with van der Waals surface area (Å²) < 4.78 is 0. The van der Waals surface area contributed by atoms with Crippen LogP contribution in [0.5, 0.6) is 0 Å². The van der Waals surface area contributed by atoms with Gasteiger partial charge in [-0.15, -0.1) is 0 Å². The van der Waals surface area contributed by atoms with Gasteiger partial charge in [-0.3, -0.25) is 14.5 Å². The van der Waals surface area contributed by atoms with Gasteiger partial charge in [0.05, 0.1) is 6.04 Å². The molecule has 1 aliphatic carbocycles. The molecule has 1 aliphatic heterocycles. The largest absolute Gasteiger partial charge is 0.378 e. The molecule has 0 radical (unpaired) electrons. The van der Waals surface area contributed by atoms with E-state index >= 15 is 0 Å². The quantitative estimate of drug-likeness (QED) is 0.509. The molecule has 30 heavy (non-hydrogen) atoms. The summed E-state index contributed by atoms with van der Waals surface area (Å²) in [6.45, 7) is 3.02. The van der Waals surface area contributed by atoms with Crippen molar-refractivity contribution in [1.82, 2.24) is 15.5 Å². The molecule has 2 amide bonds. The third-order valence-corrected chi connectivity index (χ3v) is 6.15. The Kier molecular flexibility index (Phi) is 8.31. The predicted octanol–water partition coefficient (Wildman–Crippen LogP) is 3.01. The fourth-order valence-electron chi connectivity index (χ4n) is 4.32. The van der Waals surface area contributed by atoms with Crippen molar-refractivity contribution in [1.29, 1.82) is 0 Å². The molecule has 1 heterocycles. The van der Waals surface area contributed by atoms with Crippen LogP contribution in [0.1, 0.15) is 56.6 Å². The van der Waals surface area contributed by atoms with Crippen LogP contribution in [-0.2, 0) is 9.59 Å². The van der Waals surface area contributed by atoms with E-state index in [0.29, 0.717) is 13.1 Å². The highest BCUT2D eigenvalue weighted by Crippen LogP contribution is 2.26. The maximum atomic E-state index is 12.4. The third-order valence-electron chi connectivity index (χ3n) is 6.15. The van der Waals surface area contributed by atoms with Gasteiger partial charge in [0.15, 0.2) is 0 Å². The Morgan fingerprint density at radius 1 is 1.00 bits per heavy atom. The number of nitrogens with zero attached hydrogens (tertiary/aromatic N) is 2. The minimum Gasteiger partial charge on any atom is -0.378 e. The molecule has 6 heteroatoms. The van der Waals surface area contributed by atoms with E-state index in [9.17, 15) is 9.59 Å². The van der Waals surface area contributed by atoms with Gasteiger partial charge in [-0.1, -0.05) is 23.8 Å². The second kappa shape index (κ2) is 11.2. The average Bonchev–Trinajstić information content (AvgIpc) is 3.29. The van der Waals surface area contributed by atoms with Crippen molar-refractivity contribution in [3.8, 4) is 0 Å². The summed E-state index contributed by atoms with van der Waals surface area (Å²) in [5.74, 6) is -1.07. The van der Waals surface area contributed by atoms with Gasteiger partial charge in [-0.2, -0.15) is 0 Å². The molecule has 6 nitrogen and oxygen atoms in total. The fourth-order valence-corrected chi connectivity index (χ4v) is 4.32. The Labute approximate surface area is 180 Å². The number of likely N-dealkylation sites (tertiary alicyclic amines) is 1. The molecule has 0 unspecified atom stereocenters. The van der Waals surface area contributed by atoms with Crippen molar-refractivity contribution in [3.63, 3.8) is 0 Å². The maximum Gasteiger partial charge on any atom is 0.309 e. The van der Waals surface area contributed by atoms with Crippen LogP contribution in [0.3, 0.4) is 0 Å². The van der Waals surface area contributed by atoms with E-state index in [-0.39, 0.29) is 6.04 Å². The monoisotopic (exact) mass is 412 g/mol. The number of amides is 2. The molecule has 1 aromatic carbocycles. The van der Waals surface area contributed by atoms with Crippen molar-refractivity contribution in [2.45, 2.75) is 51.0 Å². The van der Waals surface area contributed by atoms with Gasteiger partial charge >= 0.3 is 11.8 Å². The first-order valence-corrected chi connectivity index (χ1v) is 11.3. The van der Waals surface area contributed by atoms with Gasteiger partial charge in [0.2, 0.25) is 0 Å². The predicted molar refractivity (Wildman–Crippen MR) is 122 cm³/mol. The molecule has 2 N–H and O–H groups in total.